The zero-order chi connectivity index (χ0) is 15.1. The van der Waals surface area contributed by atoms with E-state index in [0.29, 0.717) is 40.3 Å². The minimum absolute atomic E-state index is 0.493. The van der Waals surface area contributed by atoms with Crippen molar-refractivity contribution in [3.05, 3.63) is 52.1 Å². The molecule has 0 radical (unpaired) electrons. The number of halogens is 2. The van der Waals surface area contributed by atoms with Gasteiger partial charge in [0, 0.05) is 17.8 Å². The molecule has 0 aliphatic heterocycles. The van der Waals surface area contributed by atoms with Gasteiger partial charge in [-0.2, -0.15) is 5.26 Å². The van der Waals surface area contributed by atoms with E-state index >= 15 is 0 Å². The second-order valence-electron chi connectivity index (χ2n) is 4.21. The zero-order valence-electron chi connectivity index (χ0n) is 11.1. The van der Waals surface area contributed by atoms with Crippen molar-refractivity contribution < 1.29 is 4.74 Å². The fraction of sp³-hybridized carbons (Fsp3) is 0.200. The molecule has 21 heavy (non-hydrogen) atoms. The van der Waals surface area contributed by atoms with Crippen molar-refractivity contribution in [1.82, 2.24) is 4.98 Å². The molecule has 0 saturated carbocycles. The van der Waals surface area contributed by atoms with Crippen LogP contribution in [0.1, 0.15) is 12.0 Å². The number of benzene rings is 1. The average molecular weight is 322 g/mol. The summed E-state index contributed by atoms with van der Waals surface area (Å²) < 4.78 is 5.57. The fourth-order valence-electron chi connectivity index (χ4n) is 1.69. The first kappa shape index (κ1) is 15.4. The number of nitrogens with zero attached hydrogens (tertiary/aromatic N) is 2. The number of anilines is 1. The highest BCUT2D eigenvalue weighted by atomic mass is 35.5. The smallest absolute Gasteiger partial charge is 0.143 e. The summed E-state index contributed by atoms with van der Waals surface area (Å²) >= 11 is 11.8. The van der Waals surface area contributed by atoms with Crippen LogP contribution in [0.5, 0.6) is 5.75 Å². The maximum atomic E-state index is 8.94. The Morgan fingerprint density at radius 3 is 2.90 bits per heavy atom. The second-order valence-corrected chi connectivity index (χ2v) is 5.06. The minimum atomic E-state index is 0.493. The van der Waals surface area contributed by atoms with Crippen molar-refractivity contribution in [1.29, 1.82) is 5.26 Å². The summed E-state index contributed by atoms with van der Waals surface area (Å²) in [6.45, 7) is 1.15. The Labute approximate surface area is 133 Å². The molecule has 0 amide bonds. The Hall–Kier alpha value is -1.96. The standard InChI is InChI=1S/C15H13Cl2N3O/c16-12-4-5-14(13(17)9-12)21-8-2-7-20-15-11(10-18)3-1-6-19-15/h1,3-6,9H,2,7-8H2,(H,19,20). The van der Waals surface area contributed by atoms with Crippen molar-refractivity contribution in [3.8, 4) is 11.8 Å². The van der Waals surface area contributed by atoms with Gasteiger partial charge in [0.25, 0.3) is 0 Å². The van der Waals surface area contributed by atoms with Crippen LogP contribution in [0.15, 0.2) is 36.5 Å². The Morgan fingerprint density at radius 2 is 2.14 bits per heavy atom. The van der Waals surface area contributed by atoms with Gasteiger partial charge in [-0.3, -0.25) is 0 Å². The van der Waals surface area contributed by atoms with Crippen LogP contribution < -0.4 is 10.1 Å². The summed E-state index contributed by atoms with van der Waals surface area (Å²) in [5.41, 5.74) is 0.527. The minimum Gasteiger partial charge on any atom is -0.492 e. The van der Waals surface area contributed by atoms with Gasteiger partial charge < -0.3 is 10.1 Å². The quantitative estimate of drug-likeness (QED) is 0.812. The van der Waals surface area contributed by atoms with Crippen LogP contribution in [0.2, 0.25) is 10.0 Å². The molecule has 6 heteroatoms. The van der Waals surface area contributed by atoms with E-state index in [1.165, 1.54) is 0 Å². The second kappa shape index (κ2) is 7.72. The van der Waals surface area contributed by atoms with Gasteiger partial charge in [0.05, 0.1) is 17.2 Å². The van der Waals surface area contributed by atoms with Crippen LogP contribution in [-0.2, 0) is 0 Å². The van der Waals surface area contributed by atoms with Crippen LogP contribution >= 0.6 is 23.2 Å². The van der Waals surface area contributed by atoms with Crippen LogP contribution in [0.4, 0.5) is 5.82 Å². The SMILES string of the molecule is N#Cc1cccnc1NCCCOc1ccc(Cl)cc1Cl. The van der Waals surface area contributed by atoms with E-state index in [9.17, 15) is 0 Å². The number of ether oxygens (including phenoxy) is 1. The fourth-order valence-corrected chi connectivity index (χ4v) is 2.15. The molecule has 1 heterocycles. The zero-order valence-corrected chi connectivity index (χ0v) is 12.7. The number of nitrogens with one attached hydrogen (secondary N) is 1. The van der Waals surface area contributed by atoms with E-state index in [0.717, 1.165) is 6.42 Å². The normalized spacial score (nSPS) is 9.95. The molecule has 1 aromatic carbocycles. The molecule has 0 atom stereocenters. The van der Waals surface area contributed by atoms with E-state index in [1.807, 2.05) is 0 Å². The molecule has 0 bridgehead atoms. The van der Waals surface area contributed by atoms with E-state index in [-0.39, 0.29) is 0 Å². The third-order valence-electron chi connectivity index (χ3n) is 2.69. The topological polar surface area (TPSA) is 57.9 Å². The molecule has 0 aliphatic carbocycles. The van der Waals surface area contributed by atoms with Crippen LogP contribution in [0.25, 0.3) is 0 Å². The monoisotopic (exact) mass is 321 g/mol. The van der Waals surface area contributed by atoms with E-state index in [1.54, 1.807) is 36.5 Å². The molecule has 0 saturated heterocycles. The molecule has 0 aliphatic rings. The first-order valence-electron chi connectivity index (χ1n) is 6.37. The number of hydrogen-bond acceptors (Lipinski definition) is 4. The van der Waals surface area contributed by atoms with Crippen LogP contribution in [0, 0.1) is 11.3 Å². The molecule has 0 fully saturated rings. The van der Waals surface area contributed by atoms with Crippen LogP contribution in [-0.4, -0.2) is 18.1 Å². The summed E-state index contributed by atoms with van der Waals surface area (Å²) in [7, 11) is 0. The van der Waals surface area contributed by atoms with Crippen molar-refractivity contribution in [2.45, 2.75) is 6.42 Å². The van der Waals surface area contributed by atoms with Gasteiger partial charge >= 0.3 is 0 Å². The lowest BCUT2D eigenvalue weighted by atomic mass is 10.3. The third kappa shape index (κ3) is 4.52. The van der Waals surface area contributed by atoms with Gasteiger partial charge in [-0.05, 0) is 36.8 Å². The molecular formula is C15H13Cl2N3O. The molecule has 108 valence electrons. The number of hydrogen-bond donors (Lipinski definition) is 1. The first-order chi connectivity index (χ1) is 10.2. The lowest BCUT2D eigenvalue weighted by Crippen LogP contribution is -2.09. The van der Waals surface area contributed by atoms with Gasteiger partial charge in [0.1, 0.15) is 17.6 Å². The number of nitriles is 1. The van der Waals surface area contributed by atoms with Gasteiger partial charge in [-0.15, -0.1) is 0 Å². The maximum absolute atomic E-state index is 8.94. The Balaban J connectivity index is 1.76. The van der Waals surface area contributed by atoms with E-state index in [4.69, 9.17) is 33.2 Å². The Kier molecular flexibility index (Phi) is 5.68. The van der Waals surface area contributed by atoms with Crippen molar-refractivity contribution in [2.24, 2.45) is 0 Å². The molecule has 4 nitrogen and oxygen atoms in total. The molecule has 1 aromatic heterocycles. The Morgan fingerprint density at radius 1 is 1.29 bits per heavy atom. The molecular weight excluding hydrogens is 309 g/mol. The first-order valence-corrected chi connectivity index (χ1v) is 7.13. The molecule has 1 N–H and O–H groups in total. The van der Waals surface area contributed by atoms with E-state index in [2.05, 4.69) is 16.4 Å². The highest BCUT2D eigenvalue weighted by molar-refractivity contribution is 6.35. The van der Waals surface area contributed by atoms with Crippen molar-refractivity contribution in [2.75, 3.05) is 18.5 Å². The van der Waals surface area contributed by atoms with E-state index < -0.39 is 0 Å². The lowest BCUT2D eigenvalue weighted by molar-refractivity contribution is 0.315. The van der Waals surface area contributed by atoms with Crippen molar-refractivity contribution >= 4 is 29.0 Å². The molecule has 0 unspecified atom stereocenters. The number of pyridine rings is 1. The van der Waals surface area contributed by atoms with Gasteiger partial charge in [-0.1, -0.05) is 23.2 Å². The molecule has 2 aromatic rings. The summed E-state index contributed by atoms with van der Waals surface area (Å²) in [4.78, 5) is 4.12. The largest absolute Gasteiger partial charge is 0.492 e. The number of rotatable bonds is 6. The van der Waals surface area contributed by atoms with Gasteiger partial charge in [0.15, 0.2) is 0 Å². The third-order valence-corrected chi connectivity index (χ3v) is 3.22. The summed E-state index contributed by atoms with van der Waals surface area (Å²) in [6, 6.07) is 10.7. The van der Waals surface area contributed by atoms with Crippen LogP contribution in [0.3, 0.4) is 0 Å². The summed E-state index contributed by atoms with van der Waals surface area (Å²) in [5, 5.41) is 13.1. The van der Waals surface area contributed by atoms with Gasteiger partial charge in [0.2, 0.25) is 0 Å². The predicted octanol–water partition coefficient (Wildman–Crippen LogP) is 4.14. The highest BCUT2D eigenvalue weighted by Crippen LogP contribution is 2.27. The molecule has 2 rings (SSSR count). The number of aromatic nitrogens is 1. The highest BCUT2D eigenvalue weighted by Gasteiger charge is 2.03. The Bertz CT molecular complexity index is 656. The van der Waals surface area contributed by atoms with Gasteiger partial charge in [-0.25, -0.2) is 4.98 Å². The summed E-state index contributed by atoms with van der Waals surface area (Å²) in [5.74, 6) is 1.20. The lowest BCUT2D eigenvalue weighted by Gasteiger charge is -2.09. The predicted molar refractivity (Wildman–Crippen MR) is 84.0 cm³/mol. The molecule has 0 spiro atoms. The maximum Gasteiger partial charge on any atom is 0.143 e. The summed E-state index contributed by atoms with van der Waals surface area (Å²) in [6.07, 6.45) is 2.40. The van der Waals surface area contributed by atoms with Crippen molar-refractivity contribution in [3.63, 3.8) is 0 Å². The average Bonchev–Trinajstić information content (AvgIpc) is 2.49.